The molecule has 8 nitrogen and oxygen atoms in total. The Morgan fingerprint density at radius 2 is 2.00 bits per heavy atom. The Bertz CT molecular complexity index is 772. The molecule has 2 amide bonds. The van der Waals surface area contributed by atoms with Crippen LogP contribution in [0.25, 0.3) is 11.3 Å². The van der Waals surface area contributed by atoms with Gasteiger partial charge in [0.15, 0.2) is 5.69 Å². The number of nitrogens with two attached hydrogens (primary N) is 2. The highest BCUT2D eigenvalue weighted by molar-refractivity contribution is 14.1. The van der Waals surface area contributed by atoms with Crippen LogP contribution in [-0.2, 0) is 6.42 Å². The van der Waals surface area contributed by atoms with Gasteiger partial charge in [-0.3, -0.25) is 14.7 Å². The molecule has 0 bridgehead atoms. The molecule has 0 aliphatic carbocycles. The van der Waals surface area contributed by atoms with Gasteiger partial charge in [0.05, 0.1) is 17.9 Å². The number of hydrogen-bond donors (Lipinski definition) is 3. The average molecular weight is 429 g/mol. The average Bonchev–Trinajstić information content (AvgIpc) is 2.92. The molecule has 0 spiro atoms. The van der Waals surface area contributed by atoms with E-state index in [0.717, 1.165) is 5.69 Å². The maximum Gasteiger partial charge on any atom is 0.269 e. The number of rotatable bonds is 6. The Hall–Kier alpha value is -2.17. The summed E-state index contributed by atoms with van der Waals surface area (Å²) in [6, 6.07) is 1.58. The molecule has 0 radical (unpaired) electrons. The molecule has 0 fully saturated rings. The Balaban J connectivity index is 2.74. The fourth-order valence-electron chi connectivity index (χ4n) is 2.14. The van der Waals surface area contributed by atoms with Crippen molar-refractivity contribution in [1.29, 1.82) is 0 Å². The van der Waals surface area contributed by atoms with E-state index >= 15 is 0 Å². The molecule has 0 unspecified atom stereocenters. The van der Waals surface area contributed by atoms with Crippen LogP contribution in [0.3, 0.4) is 0 Å². The molecule has 0 saturated carbocycles. The van der Waals surface area contributed by atoms with E-state index in [4.69, 9.17) is 16.2 Å². The second-order valence-electron chi connectivity index (χ2n) is 4.61. The zero-order valence-corrected chi connectivity index (χ0v) is 14.8. The van der Waals surface area contributed by atoms with Gasteiger partial charge in [-0.2, -0.15) is 5.10 Å². The molecule has 2 aromatic rings. The molecule has 23 heavy (non-hydrogen) atoms. The Kier molecular flexibility index (Phi) is 5.19. The lowest BCUT2D eigenvalue weighted by Crippen LogP contribution is -2.16. The maximum atomic E-state index is 11.6. The topological polar surface area (TPSA) is 137 Å². The predicted molar refractivity (Wildman–Crippen MR) is 92.1 cm³/mol. The first-order valence-electron chi connectivity index (χ1n) is 6.91. The summed E-state index contributed by atoms with van der Waals surface area (Å²) in [5.74, 6) is -1.18. The van der Waals surface area contributed by atoms with Crippen LogP contribution in [0.2, 0.25) is 0 Å². The normalized spacial score (nSPS) is 10.6. The molecule has 9 heteroatoms. The minimum Gasteiger partial charge on any atom is -0.477 e. The van der Waals surface area contributed by atoms with Gasteiger partial charge >= 0.3 is 0 Å². The van der Waals surface area contributed by atoms with Crippen LogP contribution >= 0.6 is 22.6 Å². The largest absolute Gasteiger partial charge is 0.477 e. The number of primary amides is 2. The molecule has 0 aliphatic rings. The van der Waals surface area contributed by atoms with Crippen LogP contribution < -0.4 is 16.2 Å². The molecule has 2 aromatic heterocycles. The van der Waals surface area contributed by atoms with Crippen molar-refractivity contribution in [3.8, 4) is 17.1 Å². The Labute approximate surface area is 146 Å². The van der Waals surface area contributed by atoms with Crippen molar-refractivity contribution in [2.75, 3.05) is 6.61 Å². The van der Waals surface area contributed by atoms with Crippen LogP contribution in [0.15, 0.2) is 6.07 Å². The van der Waals surface area contributed by atoms with Crippen LogP contribution in [0.4, 0.5) is 0 Å². The molecule has 122 valence electrons. The quantitative estimate of drug-likeness (QED) is 0.594. The van der Waals surface area contributed by atoms with E-state index in [0.29, 0.717) is 27.9 Å². The maximum absolute atomic E-state index is 11.6. The van der Waals surface area contributed by atoms with Crippen LogP contribution in [-0.4, -0.2) is 33.6 Å². The van der Waals surface area contributed by atoms with E-state index < -0.39 is 11.8 Å². The molecule has 2 heterocycles. The van der Waals surface area contributed by atoms with Crippen molar-refractivity contribution >= 4 is 34.4 Å². The van der Waals surface area contributed by atoms with Crippen molar-refractivity contribution in [2.24, 2.45) is 11.5 Å². The number of carbonyl (C=O) groups is 2. The number of hydrogen-bond acceptors (Lipinski definition) is 5. The number of amides is 2. The lowest BCUT2D eigenvalue weighted by Gasteiger charge is -2.12. The summed E-state index contributed by atoms with van der Waals surface area (Å²) in [6.45, 7) is 4.01. The highest BCUT2D eigenvalue weighted by Crippen LogP contribution is 2.32. The molecule has 5 N–H and O–H groups in total. The third-order valence-corrected chi connectivity index (χ3v) is 3.97. The third kappa shape index (κ3) is 3.28. The van der Waals surface area contributed by atoms with Gasteiger partial charge in [-0.15, -0.1) is 0 Å². The number of carbonyl (C=O) groups excluding carboxylic acids is 2. The highest BCUT2D eigenvalue weighted by atomic mass is 127. The predicted octanol–water partition coefficient (Wildman–Crippen LogP) is 1.24. The minimum absolute atomic E-state index is 0.0986. The number of nitrogens with one attached hydrogen (secondary N) is 1. The summed E-state index contributed by atoms with van der Waals surface area (Å²) in [5, 5.41) is 6.76. The van der Waals surface area contributed by atoms with Gasteiger partial charge in [0.25, 0.3) is 11.8 Å². The van der Waals surface area contributed by atoms with E-state index in [1.807, 2.05) is 29.5 Å². The minimum atomic E-state index is -0.662. The second kappa shape index (κ2) is 6.94. The lowest BCUT2D eigenvalue weighted by molar-refractivity contribution is 0.0986. The summed E-state index contributed by atoms with van der Waals surface area (Å²) in [7, 11) is 0. The van der Waals surface area contributed by atoms with Gasteiger partial charge < -0.3 is 16.2 Å². The molecular formula is C14H16IN5O3. The smallest absolute Gasteiger partial charge is 0.269 e. The van der Waals surface area contributed by atoms with Crippen LogP contribution in [0, 0.1) is 3.57 Å². The van der Waals surface area contributed by atoms with Crippen molar-refractivity contribution in [2.45, 2.75) is 20.3 Å². The molecule has 2 rings (SSSR count). The molecule has 0 aromatic carbocycles. The number of pyridine rings is 1. The molecule has 0 saturated heterocycles. The van der Waals surface area contributed by atoms with Crippen molar-refractivity contribution < 1.29 is 14.3 Å². The van der Waals surface area contributed by atoms with Gasteiger partial charge in [0.1, 0.15) is 5.56 Å². The number of aromatic amines is 1. The van der Waals surface area contributed by atoms with E-state index in [1.54, 1.807) is 13.0 Å². The van der Waals surface area contributed by atoms with Gasteiger partial charge in [-0.05, 0) is 42.0 Å². The summed E-state index contributed by atoms with van der Waals surface area (Å²) >= 11 is 2.02. The second-order valence-corrected chi connectivity index (χ2v) is 5.77. The number of nitrogens with zero attached hydrogens (tertiary/aromatic N) is 2. The number of aryl methyl sites for hydroxylation is 1. The van der Waals surface area contributed by atoms with Gasteiger partial charge in [-0.1, -0.05) is 6.92 Å². The van der Waals surface area contributed by atoms with Crippen molar-refractivity contribution in [3.63, 3.8) is 0 Å². The fraction of sp³-hybridized carbons (Fsp3) is 0.286. The molecule has 0 aliphatic heterocycles. The zero-order valence-electron chi connectivity index (χ0n) is 12.6. The van der Waals surface area contributed by atoms with E-state index in [2.05, 4.69) is 15.2 Å². The first-order valence-corrected chi connectivity index (χ1v) is 7.99. The number of ether oxygens (including phenoxy) is 1. The SMILES string of the molecule is CCOc1nc(-c2c(C(N)=O)n[nH]c2CC)c(I)cc1C(N)=O. The standard InChI is InChI=1S/C14H16IN5O3/c1-3-8-9(11(13(17)22)20-19-8)10-7(15)5-6(12(16)21)14(18-10)23-4-2/h5H,3-4H2,1-2H3,(H2,16,21)(H2,17,22)(H,19,20). The fourth-order valence-corrected chi connectivity index (χ4v) is 2.84. The summed E-state index contributed by atoms with van der Waals surface area (Å²) in [5.41, 5.74) is 12.7. The third-order valence-electron chi connectivity index (χ3n) is 3.15. The van der Waals surface area contributed by atoms with E-state index in [1.165, 1.54) is 0 Å². The van der Waals surface area contributed by atoms with E-state index in [-0.39, 0.29) is 17.1 Å². The summed E-state index contributed by atoms with van der Waals surface area (Å²) in [6.07, 6.45) is 0.606. The lowest BCUT2D eigenvalue weighted by atomic mass is 10.1. The van der Waals surface area contributed by atoms with Crippen molar-refractivity contribution in [3.05, 3.63) is 26.6 Å². The highest BCUT2D eigenvalue weighted by Gasteiger charge is 2.24. The first kappa shape index (κ1) is 17.2. The van der Waals surface area contributed by atoms with Crippen molar-refractivity contribution in [1.82, 2.24) is 15.2 Å². The Morgan fingerprint density at radius 1 is 1.30 bits per heavy atom. The van der Waals surface area contributed by atoms with E-state index in [9.17, 15) is 9.59 Å². The number of halogens is 1. The molecule has 0 atom stereocenters. The monoisotopic (exact) mass is 429 g/mol. The van der Waals surface area contributed by atoms with Gasteiger partial charge in [-0.25, -0.2) is 4.98 Å². The van der Waals surface area contributed by atoms with Crippen LogP contribution in [0.5, 0.6) is 5.88 Å². The number of aromatic nitrogens is 3. The summed E-state index contributed by atoms with van der Waals surface area (Å²) in [4.78, 5) is 27.6. The Morgan fingerprint density at radius 3 is 2.52 bits per heavy atom. The zero-order chi connectivity index (χ0) is 17.1. The van der Waals surface area contributed by atoms with Gasteiger partial charge in [0, 0.05) is 9.26 Å². The van der Waals surface area contributed by atoms with Gasteiger partial charge in [0.2, 0.25) is 5.88 Å². The molecular weight excluding hydrogens is 413 g/mol. The number of H-pyrrole nitrogens is 1. The van der Waals surface area contributed by atoms with Crippen LogP contribution in [0.1, 0.15) is 40.4 Å². The first-order chi connectivity index (χ1) is 10.9. The summed E-state index contributed by atoms with van der Waals surface area (Å²) < 4.78 is 6.04.